The highest BCUT2D eigenvalue weighted by Gasteiger charge is 2.39. The maximum absolute atomic E-state index is 13.2. The molecule has 1 aromatic heterocycles. The van der Waals surface area contributed by atoms with Crippen LogP contribution in [0.4, 0.5) is 18.9 Å². The SMILES string of the molecule is COc1ccc(-c2c(C)cccc2NC(=O)c2sc(C)nc2C(F)(F)F)cc1. The molecule has 1 N–H and O–H groups in total. The number of rotatable bonds is 4. The van der Waals surface area contributed by atoms with E-state index in [9.17, 15) is 18.0 Å². The van der Waals surface area contributed by atoms with Gasteiger partial charge in [-0.05, 0) is 43.2 Å². The van der Waals surface area contributed by atoms with E-state index in [1.165, 1.54) is 6.92 Å². The second-order valence-electron chi connectivity index (χ2n) is 6.09. The van der Waals surface area contributed by atoms with Crippen LogP contribution in [0.2, 0.25) is 0 Å². The smallest absolute Gasteiger partial charge is 0.435 e. The summed E-state index contributed by atoms with van der Waals surface area (Å²) in [6.07, 6.45) is -4.69. The molecule has 0 aliphatic heterocycles. The standard InChI is InChI=1S/C20H17F3N2O2S/c1-11-5-4-6-15(16(11)13-7-9-14(27-3)10-8-13)25-19(26)17-18(20(21,22)23)24-12(2)28-17/h4-10H,1-3H3,(H,25,26). The molecular weight excluding hydrogens is 389 g/mol. The topological polar surface area (TPSA) is 51.2 Å². The number of amides is 1. The number of hydrogen-bond acceptors (Lipinski definition) is 4. The fraction of sp³-hybridized carbons (Fsp3) is 0.200. The Hall–Kier alpha value is -2.87. The summed E-state index contributed by atoms with van der Waals surface area (Å²) in [5, 5.41) is 2.80. The third kappa shape index (κ3) is 4.01. The number of aryl methyl sites for hydroxylation is 2. The number of anilines is 1. The minimum absolute atomic E-state index is 0.178. The average Bonchev–Trinajstić information content (AvgIpc) is 3.05. The van der Waals surface area contributed by atoms with E-state index in [0.29, 0.717) is 11.4 Å². The lowest BCUT2D eigenvalue weighted by Gasteiger charge is -2.15. The zero-order valence-corrected chi connectivity index (χ0v) is 16.2. The van der Waals surface area contributed by atoms with Crippen LogP contribution in [0.1, 0.15) is 25.9 Å². The maximum Gasteiger partial charge on any atom is 0.435 e. The molecule has 1 amide bonds. The third-order valence-electron chi connectivity index (χ3n) is 4.11. The molecule has 28 heavy (non-hydrogen) atoms. The highest BCUT2D eigenvalue weighted by atomic mass is 32.1. The fourth-order valence-corrected chi connectivity index (χ4v) is 3.70. The van der Waals surface area contributed by atoms with Crippen molar-refractivity contribution in [2.45, 2.75) is 20.0 Å². The number of hydrogen-bond donors (Lipinski definition) is 1. The normalized spacial score (nSPS) is 11.4. The van der Waals surface area contributed by atoms with Crippen LogP contribution in [0.25, 0.3) is 11.1 Å². The van der Waals surface area contributed by atoms with Gasteiger partial charge in [0.05, 0.1) is 12.1 Å². The molecule has 0 aliphatic rings. The van der Waals surface area contributed by atoms with Crippen molar-refractivity contribution in [3.05, 3.63) is 63.6 Å². The van der Waals surface area contributed by atoms with Crippen LogP contribution >= 0.6 is 11.3 Å². The minimum atomic E-state index is -4.69. The Bertz CT molecular complexity index is 1010. The first kappa shape index (κ1) is 19.9. The van der Waals surface area contributed by atoms with Gasteiger partial charge in [-0.15, -0.1) is 11.3 Å². The van der Waals surface area contributed by atoms with Crippen LogP contribution in [-0.2, 0) is 6.18 Å². The molecule has 0 bridgehead atoms. The first-order valence-electron chi connectivity index (χ1n) is 8.30. The molecular formula is C20H17F3N2O2S. The molecule has 146 valence electrons. The Kier molecular flexibility index (Phi) is 5.42. The van der Waals surface area contributed by atoms with Gasteiger partial charge in [-0.2, -0.15) is 13.2 Å². The molecule has 3 aromatic rings. The van der Waals surface area contributed by atoms with Crippen molar-refractivity contribution in [2.24, 2.45) is 0 Å². The Morgan fingerprint density at radius 1 is 1.11 bits per heavy atom. The number of carbonyl (C=O) groups is 1. The summed E-state index contributed by atoms with van der Waals surface area (Å²) in [6.45, 7) is 3.30. The molecule has 1 heterocycles. The van der Waals surface area contributed by atoms with Gasteiger partial charge in [0.25, 0.3) is 5.91 Å². The van der Waals surface area contributed by atoms with Crippen LogP contribution in [-0.4, -0.2) is 18.0 Å². The predicted octanol–water partition coefficient (Wildman–Crippen LogP) is 5.71. The van der Waals surface area contributed by atoms with Gasteiger partial charge in [-0.3, -0.25) is 4.79 Å². The number of benzene rings is 2. The number of nitrogens with one attached hydrogen (secondary N) is 1. The molecule has 0 saturated heterocycles. The van der Waals surface area contributed by atoms with E-state index in [1.54, 1.807) is 31.4 Å². The van der Waals surface area contributed by atoms with Crippen LogP contribution in [0.5, 0.6) is 5.75 Å². The molecule has 0 atom stereocenters. The van der Waals surface area contributed by atoms with Gasteiger partial charge < -0.3 is 10.1 Å². The number of halogens is 3. The number of nitrogens with zero attached hydrogens (tertiary/aromatic N) is 1. The van der Waals surface area contributed by atoms with Crippen molar-refractivity contribution in [1.29, 1.82) is 0 Å². The number of thiazole rings is 1. The Morgan fingerprint density at radius 2 is 1.79 bits per heavy atom. The molecule has 0 aliphatic carbocycles. The number of ether oxygens (including phenoxy) is 1. The van der Waals surface area contributed by atoms with Gasteiger partial charge in [0, 0.05) is 11.3 Å². The monoisotopic (exact) mass is 406 g/mol. The van der Waals surface area contributed by atoms with E-state index in [-0.39, 0.29) is 5.01 Å². The molecule has 0 radical (unpaired) electrons. The van der Waals surface area contributed by atoms with Gasteiger partial charge in [-0.25, -0.2) is 4.98 Å². The van der Waals surface area contributed by atoms with Crippen LogP contribution in [0.3, 0.4) is 0 Å². The highest BCUT2D eigenvalue weighted by molar-refractivity contribution is 7.13. The summed E-state index contributed by atoms with van der Waals surface area (Å²) >= 11 is 0.720. The van der Waals surface area contributed by atoms with E-state index >= 15 is 0 Å². The molecule has 0 saturated carbocycles. The summed E-state index contributed by atoms with van der Waals surface area (Å²) in [5.41, 5.74) is 1.68. The largest absolute Gasteiger partial charge is 0.497 e. The molecule has 4 nitrogen and oxygen atoms in total. The van der Waals surface area contributed by atoms with E-state index < -0.39 is 22.7 Å². The van der Waals surface area contributed by atoms with Crippen molar-refractivity contribution < 1.29 is 22.7 Å². The lowest BCUT2D eigenvalue weighted by atomic mass is 9.98. The Morgan fingerprint density at radius 3 is 2.39 bits per heavy atom. The lowest BCUT2D eigenvalue weighted by molar-refractivity contribution is -0.141. The van der Waals surface area contributed by atoms with Gasteiger partial charge in [0.15, 0.2) is 5.69 Å². The minimum Gasteiger partial charge on any atom is -0.497 e. The molecule has 2 aromatic carbocycles. The third-order valence-corrected chi connectivity index (χ3v) is 5.08. The highest BCUT2D eigenvalue weighted by Crippen LogP contribution is 2.36. The second-order valence-corrected chi connectivity index (χ2v) is 7.29. The Balaban J connectivity index is 2.00. The van der Waals surface area contributed by atoms with Crippen molar-refractivity contribution in [1.82, 2.24) is 4.98 Å². The summed E-state index contributed by atoms with van der Waals surface area (Å²) in [6, 6.07) is 12.5. The van der Waals surface area contributed by atoms with E-state index in [1.807, 2.05) is 25.1 Å². The van der Waals surface area contributed by atoms with E-state index in [2.05, 4.69) is 10.3 Å². The molecule has 0 unspecified atom stereocenters. The Labute approximate surface area is 164 Å². The summed E-state index contributed by atoms with van der Waals surface area (Å²) in [5.74, 6) is -0.156. The van der Waals surface area contributed by atoms with Crippen molar-refractivity contribution in [3.63, 3.8) is 0 Å². The van der Waals surface area contributed by atoms with Gasteiger partial charge in [-0.1, -0.05) is 24.3 Å². The zero-order valence-electron chi connectivity index (χ0n) is 15.3. The molecule has 8 heteroatoms. The van der Waals surface area contributed by atoms with Gasteiger partial charge in [0.1, 0.15) is 10.6 Å². The van der Waals surface area contributed by atoms with Crippen LogP contribution in [0.15, 0.2) is 42.5 Å². The zero-order chi connectivity index (χ0) is 20.5. The summed E-state index contributed by atoms with van der Waals surface area (Å²) < 4.78 is 44.7. The van der Waals surface area contributed by atoms with E-state index in [0.717, 1.165) is 28.0 Å². The predicted molar refractivity (Wildman–Crippen MR) is 103 cm³/mol. The van der Waals surface area contributed by atoms with Crippen LogP contribution < -0.4 is 10.1 Å². The molecule has 3 rings (SSSR count). The van der Waals surface area contributed by atoms with Crippen molar-refractivity contribution >= 4 is 22.9 Å². The molecule has 0 fully saturated rings. The van der Waals surface area contributed by atoms with Gasteiger partial charge in [0.2, 0.25) is 0 Å². The first-order chi connectivity index (χ1) is 13.2. The lowest BCUT2D eigenvalue weighted by Crippen LogP contribution is -2.17. The van der Waals surface area contributed by atoms with Crippen molar-refractivity contribution in [3.8, 4) is 16.9 Å². The fourth-order valence-electron chi connectivity index (χ4n) is 2.86. The second kappa shape index (κ2) is 7.63. The number of aromatic nitrogens is 1. The summed E-state index contributed by atoms with van der Waals surface area (Å²) in [4.78, 5) is 15.7. The van der Waals surface area contributed by atoms with E-state index in [4.69, 9.17) is 4.74 Å². The average molecular weight is 406 g/mol. The maximum atomic E-state index is 13.2. The number of carbonyl (C=O) groups excluding carboxylic acids is 1. The van der Waals surface area contributed by atoms with Crippen molar-refractivity contribution in [2.75, 3.05) is 12.4 Å². The molecule has 0 spiro atoms. The number of alkyl halides is 3. The quantitative estimate of drug-likeness (QED) is 0.604. The summed E-state index contributed by atoms with van der Waals surface area (Å²) in [7, 11) is 1.56. The van der Waals surface area contributed by atoms with Gasteiger partial charge >= 0.3 is 6.18 Å². The first-order valence-corrected chi connectivity index (χ1v) is 9.12. The van der Waals surface area contributed by atoms with Crippen LogP contribution in [0, 0.1) is 13.8 Å². The number of methoxy groups -OCH3 is 1.